The average Bonchev–Trinajstić information content (AvgIpc) is 2.97. The van der Waals surface area contributed by atoms with E-state index in [-0.39, 0.29) is 23.0 Å². The molecule has 0 amide bonds. The summed E-state index contributed by atoms with van der Waals surface area (Å²) in [5.41, 5.74) is 0.141. The second-order valence-corrected chi connectivity index (χ2v) is 7.81. The zero-order valence-corrected chi connectivity index (χ0v) is 20.2. The van der Waals surface area contributed by atoms with Crippen molar-refractivity contribution in [3.63, 3.8) is 0 Å². The van der Waals surface area contributed by atoms with Crippen molar-refractivity contribution in [1.82, 2.24) is 0 Å². The lowest BCUT2D eigenvalue weighted by molar-refractivity contribution is -0.168. The molecule has 4 atom stereocenters. The van der Waals surface area contributed by atoms with E-state index in [0.29, 0.717) is 0 Å². The standard InChI is InChI=1S/C28H24O10/c1-35-28(34)22(30)24(38-27(33)20-15-9-4-10-16-20)23(37-26(32)19-13-7-3-8-14-19)21(17-29)36-25(31)18-11-5-2-6-12-18/h2-17,21-24,30H,1H3/t21-,22+,23+,24+/m0/s1. The van der Waals surface area contributed by atoms with E-state index in [1.54, 1.807) is 54.6 Å². The van der Waals surface area contributed by atoms with Crippen LogP contribution < -0.4 is 0 Å². The molecule has 10 nitrogen and oxygen atoms in total. The highest BCUT2D eigenvalue weighted by molar-refractivity contribution is 5.92. The van der Waals surface area contributed by atoms with E-state index in [1.165, 1.54) is 36.4 Å². The van der Waals surface area contributed by atoms with Gasteiger partial charge in [-0.3, -0.25) is 4.79 Å². The molecule has 3 aromatic carbocycles. The fourth-order valence-corrected chi connectivity index (χ4v) is 3.36. The molecule has 0 radical (unpaired) electrons. The first-order valence-electron chi connectivity index (χ1n) is 11.3. The maximum absolute atomic E-state index is 12.9. The smallest absolute Gasteiger partial charge is 0.338 e. The summed E-state index contributed by atoms with van der Waals surface area (Å²) in [4.78, 5) is 62.9. The van der Waals surface area contributed by atoms with Gasteiger partial charge in [-0.25, -0.2) is 19.2 Å². The van der Waals surface area contributed by atoms with Crippen molar-refractivity contribution in [2.75, 3.05) is 7.11 Å². The molecule has 0 fully saturated rings. The van der Waals surface area contributed by atoms with Crippen LogP contribution in [0.1, 0.15) is 31.1 Å². The molecule has 0 aliphatic heterocycles. The number of esters is 4. The van der Waals surface area contributed by atoms with Crippen molar-refractivity contribution in [3.8, 4) is 0 Å². The monoisotopic (exact) mass is 520 g/mol. The number of aliphatic hydroxyl groups excluding tert-OH is 1. The molecule has 0 spiro atoms. The Balaban J connectivity index is 2.01. The van der Waals surface area contributed by atoms with Crippen molar-refractivity contribution in [2.24, 2.45) is 0 Å². The van der Waals surface area contributed by atoms with Gasteiger partial charge >= 0.3 is 23.9 Å². The molecule has 0 aliphatic carbocycles. The molecule has 3 aromatic rings. The lowest BCUT2D eigenvalue weighted by atomic mass is 10.0. The molecule has 0 unspecified atom stereocenters. The first kappa shape index (κ1) is 27.8. The first-order valence-corrected chi connectivity index (χ1v) is 11.3. The SMILES string of the molecule is COC(=O)[C@H](O)[C@@H](OC(=O)c1ccccc1)[C@H](OC(=O)c1ccccc1)[C@H](C=O)OC(=O)c1ccccc1. The van der Waals surface area contributed by atoms with Crippen LogP contribution in [0.25, 0.3) is 0 Å². The van der Waals surface area contributed by atoms with Crippen LogP contribution in [-0.2, 0) is 28.5 Å². The molecule has 0 bridgehead atoms. The number of methoxy groups -OCH3 is 1. The predicted molar refractivity (Wildman–Crippen MR) is 131 cm³/mol. The van der Waals surface area contributed by atoms with Crippen molar-refractivity contribution < 1.29 is 48.0 Å². The largest absolute Gasteiger partial charge is 0.467 e. The number of aliphatic hydroxyl groups is 1. The maximum atomic E-state index is 12.9. The Bertz CT molecular complexity index is 1240. The van der Waals surface area contributed by atoms with Crippen LogP contribution in [0.15, 0.2) is 91.0 Å². The van der Waals surface area contributed by atoms with Crippen LogP contribution >= 0.6 is 0 Å². The van der Waals surface area contributed by atoms with E-state index >= 15 is 0 Å². The van der Waals surface area contributed by atoms with Gasteiger partial charge in [0.2, 0.25) is 0 Å². The van der Waals surface area contributed by atoms with E-state index < -0.39 is 48.3 Å². The van der Waals surface area contributed by atoms with Crippen molar-refractivity contribution in [1.29, 1.82) is 0 Å². The summed E-state index contributed by atoms with van der Waals surface area (Å²) in [5, 5.41) is 10.7. The summed E-state index contributed by atoms with van der Waals surface area (Å²) >= 11 is 0. The summed E-state index contributed by atoms with van der Waals surface area (Å²) in [7, 11) is 0.971. The number of benzene rings is 3. The van der Waals surface area contributed by atoms with Gasteiger partial charge in [0, 0.05) is 0 Å². The van der Waals surface area contributed by atoms with Crippen LogP contribution in [0.3, 0.4) is 0 Å². The number of carbonyl (C=O) groups is 5. The summed E-state index contributed by atoms with van der Waals surface area (Å²) in [6.45, 7) is 0. The molecule has 196 valence electrons. The Morgan fingerprint density at radius 1 is 0.632 bits per heavy atom. The summed E-state index contributed by atoms with van der Waals surface area (Å²) in [6, 6.07) is 22.7. The minimum Gasteiger partial charge on any atom is -0.467 e. The van der Waals surface area contributed by atoms with Gasteiger partial charge in [-0.2, -0.15) is 0 Å². The molecule has 38 heavy (non-hydrogen) atoms. The number of ether oxygens (including phenoxy) is 4. The normalized spacial score (nSPS) is 13.6. The van der Waals surface area contributed by atoms with Gasteiger partial charge in [-0.1, -0.05) is 54.6 Å². The Kier molecular flexibility index (Phi) is 9.84. The lowest BCUT2D eigenvalue weighted by Gasteiger charge is -2.31. The van der Waals surface area contributed by atoms with Gasteiger partial charge in [0.25, 0.3) is 0 Å². The molecule has 0 aliphatic rings. The molecular formula is C28H24O10. The summed E-state index contributed by atoms with van der Waals surface area (Å²) in [5.74, 6) is -4.24. The van der Waals surface area contributed by atoms with Gasteiger partial charge in [0.05, 0.1) is 23.8 Å². The Hall–Kier alpha value is -4.83. The third-order valence-corrected chi connectivity index (χ3v) is 5.29. The number of hydrogen-bond acceptors (Lipinski definition) is 10. The van der Waals surface area contributed by atoms with Crippen LogP contribution in [0.4, 0.5) is 0 Å². The van der Waals surface area contributed by atoms with Crippen molar-refractivity contribution in [2.45, 2.75) is 24.4 Å². The number of rotatable bonds is 11. The number of hydrogen-bond donors (Lipinski definition) is 1. The quantitative estimate of drug-likeness (QED) is 0.227. The molecule has 10 heteroatoms. The Morgan fingerprint density at radius 3 is 1.37 bits per heavy atom. The molecule has 3 rings (SSSR count). The highest BCUT2D eigenvalue weighted by atomic mass is 16.6. The molecule has 0 saturated carbocycles. The first-order chi connectivity index (χ1) is 18.3. The third kappa shape index (κ3) is 7.11. The van der Waals surface area contributed by atoms with Crippen LogP contribution in [-0.4, -0.2) is 66.8 Å². The Morgan fingerprint density at radius 2 is 1.00 bits per heavy atom. The minimum absolute atomic E-state index is 0.0339. The predicted octanol–water partition coefficient (Wildman–Crippen LogP) is 2.40. The highest BCUT2D eigenvalue weighted by Gasteiger charge is 2.45. The van der Waals surface area contributed by atoms with Gasteiger partial charge in [-0.15, -0.1) is 0 Å². The van der Waals surface area contributed by atoms with Crippen LogP contribution in [0, 0.1) is 0 Å². The molecular weight excluding hydrogens is 496 g/mol. The zero-order chi connectivity index (χ0) is 27.5. The van der Waals surface area contributed by atoms with E-state index in [4.69, 9.17) is 14.2 Å². The summed E-state index contributed by atoms with van der Waals surface area (Å²) in [6.07, 6.45) is -7.95. The van der Waals surface area contributed by atoms with E-state index in [9.17, 15) is 29.1 Å². The number of carbonyl (C=O) groups excluding carboxylic acids is 5. The minimum atomic E-state index is -2.22. The topological polar surface area (TPSA) is 143 Å². The molecule has 1 N–H and O–H groups in total. The Labute approximate surface area is 217 Å². The van der Waals surface area contributed by atoms with Crippen LogP contribution in [0.5, 0.6) is 0 Å². The maximum Gasteiger partial charge on any atom is 0.338 e. The fourth-order valence-electron chi connectivity index (χ4n) is 3.36. The average molecular weight is 520 g/mol. The van der Waals surface area contributed by atoms with Gasteiger partial charge in [0.15, 0.2) is 30.7 Å². The molecule has 0 aromatic heterocycles. The lowest BCUT2D eigenvalue weighted by Crippen LogP contribution is -2.53. The van der Waals surface area contributed by atoms with E-state index in [1.807, 2.05) is 0 Å². The van der Waals surface area contributed by atoms with Gasteiger partial charge < -0.3 is 24.1 Å². The second kappa shape index (κ2) is 13.5. The van der Waals surface area contributed by atoms with Crippen LogP contribution in [0.2, 0.25) is 0 Å². The van der Waals surface area contributed by atoms with Gasteiger partial charge in [-0.05, 0) is 36.4 Å². The molecule has 0 saturated heterocycles. The summed E-state index contributed by atoms with van der Waals surface area (Å²) < 4.78 is 20.7. The second-order valence-electron chi connectivity index (χ2n) is 7.81. The van der Waals surface area contributed by atoms with E-state index in [0.717, 1.165) is 7.11 Å². The van der Waals surface area contributed by atoms with E-state index in [2.05, 4.69) is 4.74 Å². The third-order valence-electron chi connectivity index (χ3n) is 5.29. The van der Waals surface area contributed by atoms with Crippen molar-refractivity contribution >= 4 is 30.2 Å². The fraction of sp³-hybridized carbons (Fsp3) is 0.179. The highest BCUT2D eigenvalue weighted by Crippen LogP contribution is 2.21. The number of aldehydes is 1. The molecule has 0 heterocycles. The van der Waals surface area contributed by atoms with Crippen molar-refractivity contribution in [3.05, 3.63) is 108 Å². The zero-order valence-electron chi connectivity index (χ0n) is 20.2. The van der Waals surface area contributed by atoms with Gasteiger partial charge in [0.1, 0.15) is 0 Å².